The van der Waals surface area contributed by atoms with Gasteiger partial charge in [-0.1, -0.05) is 19.3 Å². The molecule has 0 spiro atoms. The van der Waals surface area contributed by atoms with Crippen molar-refractivity contribution in [2.75, 3.05) is 53.2 Å². The number of benzene rings is 1. The summed E-state index contributed by atoms with van der Waals surface area (Å²) in [7, 11) is 1.79. The number of halogens is 2. The predicted molar refractivity (Wildman–Crippen MR) is 133 cm³/mol. The molecule has 2 aliphatic heterocycles. The van der Waals surface area contributed by atoms with Crippen LogP contribution in [0.2, 0.25) is 0 Å². The Bertz CT molecular complexity index is 768. The highest BCUT2D eigenvalue weighted by Gasteiger charge is 2.38. The molecule has 9 heteroatoms. The minimum atomic E-state index is -0.255. The first-order chi connectivity index (χ1) is 15.2. The van der Waals surface area contributed by atoms with Gasteiger partial charge in [0.2, 0.25) is 0 Å². The zero-order valence-corrected chi connectivity index (χ0v) is 21.3. The summed E-state index contributed by atoms with van der Waals surface area (Å²) in [5, 5.41) is 6.96. The van der Waals surface area contributed by atoms with E-state index in [1.165, 1.54) is 38.2 Å². The number of ether oxygens (including phenoxy) is 3. The Morgan fingerprint density at radius 1 is 1.12 bits per heavy atom. The molecule has 1 aliphatic carbocycles. The SMILES string of the molecule is CN=C(NCCc1cc(F)cc2c1OCOC2)NCC1(N2CCOCC2)CCCCC1.I. The summed E-state index contributed by atoms with van der Waals surface area (Å²) in [6.07, 6.45) is 6.95. The summed E-state index contributed by atoms with van der Waals surface area (Å²) in [6, 6.07) is 3.04. The molecule has 1 aromatic carbocycles. The molecule has 1 saturated heterocycles. The van der Waals surface area contributed by atoms with Gasteiger partial charge in [-0.25, -0.2) is 4.39 Å². The topological polar surface area (TPSA) is 67.4 Å². The van der Waals surface area contributed by atoms with E-state index in [1.54, 1.807) is 13.1 Å². The third-order valence-electron chi connectivity index (χ3n) is 6.71. The fourth-order valence-corrected chi connectivity index (χ4v) is 5.08. The van der Waals surface area contributed by atoms with Gasteiger partial charge in [-0.3, -0.25) is 9.89 Å². The van der Waals surface area contributed by atoms with E-state index in [9.17, 15) is 4.39 Å². The number of guanidine groups is 1. The molecule has 0 unspecified atom stereocenters. The summed E-state index contributed by atoms with van der Waals surface area (Å²) < 4.78 is 30.4. The highest BCUT2D eigenvalue weighted by atomic mass is 127. The second-order valence-corrected chi connectivity index (χ2v) is 8.65. The minimum absolute atomic E-state index is 0. The van der Waals surface area contributed by atoms with Crippen molar-refractivity contribution >= 4 is 29.9 Å². The number of morpholine rings is 1. The van der Waals surface area contributed by atoms with Crippen molar-refractivity contribution in [2.24, 2.45) is 4.99 Å². The Hall–Kier alpha value is -1.17. The Balaban J connectivity index is 0.00000289. The molecule has 1 aromatic rings. The highest BCUT2D eigenvalue weighted by Crippen LogP contribution is 2.34. The van der Waals surface area contributed by atoms with Crippen LogP contribution < -0.4 is 15.4 Å². The van der Waals surface area contributed by atoms with Crippen molar-refractivity contribution in [3.8, 4) is 5.75 Å². The number of rotatable bonds is 6. The van der Waals surface area contributed by atoms with Crippen LogP contribution in [0.25, 0.3) is 0 Å². The van der Waals surface area contributed by atoms with Crippen molar-refractivity contribution in [1.29, 1.82) is 0 Å². The van der Waals surface area contributed by atoms with Gasteiger partial charge in [-0.2, -0.15) is 0 Å². The van der Waals surface area contributed by atoms with Gasteiger partial charge in [0.15, 0.2) is 12.8 Å². The van der Waals surface area contributed by atoms with Gasteiger partial charge >= 0.3 is 0 Å². The van der Waals surface area contributed by atoms with Crippen LogP contribution in [0.5, 0.6) is 5.75 Å². The molecule has 1 saturated carbocycles. The van der Waals surface area contributed by atoms with Gasteiger partial charge in [-0.15, -0.1) is 24.0 Å². The summed E-state index contributed by atoms with van der Waals surface area (Å²) in [5.41, 5.74) is 1.81. The number of fused-ring (bicyclic) bond motifs is 1. The Kier molecular flexibility index (Phi) is 9.81. The molecule has 0 atom stereocenters. The molecule has 3 aliphatic rings. The fraction of sp³-hybridized carbons (Fsp3) is 0.696. The fourth-order valence-electron chi connectivity index (χ4n) is 5.08. The summed E-state index contributed by atoms with van der Waals surface area (Å²) >= 11 is 0. The molecule has 32 heavy (non-hydrogen) atoms. The molecular formula is C23H36FIN4O3. The average Bonchev–Trinajstić information content (AvgIpc) is 2.82. The molecule has 0 amide bonds. The molecule has 2 fully saturated rings. The maximum Gasteiger partial charge on any atom is 0.191 e. The van der Waals surface area contributed by atoms with Crippen LogP contribution in [0.15, 0.2) is 17.1 Å². The maximum atomic E-state index is 14.0. The molecule has 2 heterocycles. The van der Waals surface area contributed by atoms with E-state index in [0.29, 0.717) is 19.6 Å². The van der Waals surface area contributed by atoms with Crippen LogP contribution in [-0.4, -0.2) is 69.6 Å². The van der Waals surface area contributed by atoms with Crippen LogP contribution in [0.1, 0.15) is 43.2 Å². The normalized spacial score (nSPS) is 21.1. The van der Waals surface area contributed by atoms with Gasteiger partial charge in [-0.05, 0) is 37.0 Å². The van der Waals surface area contributed by atoms with E-state index in [-0.39, 0.29) is 42.1 Å². The smallest absolute Gasteiger partial charge is 0.191 e. The standard InChI is InChI=1S/C23H35FN4O3.HI/c1-25-22(26-8-5-18-13-20(24)14-19-15-30-17-31-21(18)19)27-16-23(6-3-2-4-7-23)28-9-11-29-12-10-28;/h13-14H,2-12,15-17H2,1H3,(H2,25,26,27);1H. The van der Waals surface area contributed by atoms with Crippen LogP contribution in [0, 0.1) is 5.82 Å². The predicted octanol–water partition coefficient (Wildman–Crippen LogP) is 3.05. The average molecular weight is 562 g/mol. The van der Waals surface area contributed by atoms with E-state index in [4.69, 9.17) is 14.2 Å². The number of nitrogens with zero attached hydrogens (tertiary/aromatic N) is 2. The third kappa shape index (κ3) is 6.24. The molecule has 7 nitrogen and oxygen atoms in total. The van der Waals surface area contributed by atoms with Gasteiger partial charge in [0.1, 0.15) is 11.6 Å². The van der Waals surface area contributed by atoms with Gasteiger partial charge in [0.05, 0.1) is 19.8 Å². The second kappa shape index (κ2) is 12.3. The minimum Gasteiger partial charge on any atom is -0.467 e. The van der Waals surface area contributed by atoms with E-state index in [2.05, 4.69) is 20.5 Å². The van der Waals surface area contributed by atoms with Crippen molar-refractivity contribution in [3.63, 3.8) is 0 Å². The van der Waals surface area contributed by atoms with E-state index >= 15 is 0 Å². The zero-order valence-electron chi connectivity index (χ0n) is 19.0. The highest BCUT2D eigenvalue weighted by molar-refractivity contribution is 14.0. The molecular weight excluding hydrogens is 526 g/mol. The van der Waals surface area contributed by atoms with Crippen LogP contribution in [-0.2, 0) is 22.5 Å². The number of hydrogen-bond donors (Lipinski definition) is 2. The van der Waals surface area contributed by atoms with Crippen LogP contribution >= 0.6 is 24.0 Å². The van der Waals surface area contributed by atoms with Gasteiger partial charge in [0.25, 0.3) is 0 Å². The molecule has 2 N–H and O–H groups in total. The van der Waals surface area contributed by atoms with Gasteiger partial charge < -0.3 is 24.8 Å². The van der Waals surface area contributed by atoms with Crippen molar-refractivity contribution in [2.45, 2.75) is 50.7 Å². The molecule has 0 radical (unpaired) electrons. The second-order valence-electron chi connectivity index (χ2n) is 8.65. The quantitative estimate of drug-likeness (QED) is 0.316. The number of nitrogens with one attached hydrogen (secondary N) is 2. The summed E-state index contributed by atoms with van der Waals surface area (Å²) in [6.45, 7) is 5.77. The maximum absolute atomic E-state index is 14.0. The molecule has 4 rings (SSSR count). The lowest BCUT2D eigenvalue weighted by Gasteiger charge is -2.48. The summed E-state index contributed by atoms with van der Waals surface area (Å²) in [5.74, 6) is 1.29. The first-order valence-electron chi connectivity index (χ1n) is 11.5. The number of hydrogen-bond acceptors (Lipinski definition) is 5. The Labute approximate surface area is 207 Å². The Morgan fingerprint density at radius 3 is 2.66 bits per heavy atom. The monoisotopic (exact) mass is 562 g/mol. The largest absolute Gasteiger partial charge is 0.467 e. The van der Waals surface area contributed by atoms with Crippen LogP contribution in [0.3, 0.4) is 0 Å². The lowest BCUT2D eigenvalue weighted by molar-refractivity contribution is -0.0352. The van der Waals surface area contributed by atoms with Crippen molar-refractivity contribution < 1.29 is 18.6 Å². The number of aliphatic imine (C=N–C) groups is 1. The first kappa shape index (κ1) is 25.5. The van der Waals surface area contributed by atoms with Crippen molar-refractivity contribution in [1.82, 2.24) is 15.5 Å². The van der Waals surface area contributed by atoms with Crippen LogP contribution in [0.4, 0.5) is 4.39 Å². The molecule has 0 aromatic heterocycles. The van der Waals surface area contributed by atoms with Gasteiger partial charge in [0, 0.05) is 44.3 Å². The van der Waals surface area contributed by atoms with E-state index in [1.807, 2.05) is 0 Å². The Morgan fingerprint density at radius 2 is 1.91 bits per heavy atom. The summed E-state index contributed by atoms with van der Waals surface area (Å²) in [4.78, 5) is 7.03. The molecule has 180 valence electrons. The lowest BCUT2D eigenvalue weighted by Crippen LogP contribution is -2.60. The molecule has 0 bridgehead atoms. The van der Waals surface area contributed by atoms with E-state index in [0.717, 1.165) is 55.7 Å². The van der Waals surface area contributed by atoms with E-state index < -0.39 is 0 Å². The third-order valence-corrected chi connectivity index (χ3v) is 6.71. The lowest BCUT2D eigenvalue weighted by atomic mass is 9.80. The zero-order chi connectivity index (χ0) is 21.5. The first-order valence-corrected chi connectivity index (χ1v) is 11.5. The van der Waals surface area contributed by atoms with Crippen molar-refractivity contribution in [3.05, 3.63) is 29.1 Å².